The SMILES string of the molecule is Cc1cc(C(N)c2cccc(C)c2Cl)sc1Cl. The Kier molecular flexibility index (Phi) is 3.79. The normalized spacial score (nSPS) is 12.8. The highest BCUT2D eigenvalue weighted by Crippen LogP contribution is 2.35. The summed E-state index contributed by atoms with van der Waals surface area (Å²) in [7, 11) is 0. The van der Waals surface area contributed by atoms with Gasteiger partial charge in [-0.1, -0.05) is 41.4 Å². The van der Waals surface area contributed by atoms with E-state index in [1.807, 2.05) is 38.1 Å². The zero-order valence-electron chi connectivity index (χ0n) is 9.63. The van der Waals surface area contributed by atoms with Gasteiger partial charge in [-0.15, -0.1) is 11.3 Å². The molecule has 17 heavy (non-hydrogen) atoms. The largest absolute Gasteiger partial charge is 0.320 e. The van der Waals surface area contributed by atoms with Crippen LogP contribution in [0.15, 0.2) is 24.3 Å². The second-order valence-electron chi connectivity index (χ2n) is 4.06. The van der Waals surface area contributed by atoms with E-state index in [1.54, 1.807) is 0 Å². The minimum absolute atomic E-state index is 0.210. The summed E-state index contributed by atoms with van der Waals surface area (Å²) in [6.07, 6.45) is 0. The smallest absolute Gasteiger partial charge is 0.0961 e. The third-order valence-electron chi connectivity index (χ3n) is 2.74. The van der Waals surface area contributed by atoms with E-state index in [1.165, 1.54) is 11.3 Å². The molecule has 0 aliphatic heterocycles. The van der Waals surface area contributed by atoms with Crippen molar-refractivity contribution in [3.63, 3.8) is 0 Å². The van der Waals surface area contributed by atoms with Crippen LogP contribution >= 0.6 is 34.5 Å². The Labute approximate surface area is 115 Å². The van der Waals surface area contributed by atoms with Crippen LogP contribution in [-0.2, 0) is 0 Å². The molecule has 0 aliphatic rings. The molecule has 1 aromatic heterocycles. The maximum Gasteiger partial charge on any atom is 0.0961 e. The van der Waals surface area contributed by atoms with Crippen molar-refractivity contribution in [1.82, 2.24) is 0 Å². The Bertz CT molecular complexity index is 529. The summed E-state index contributed by atoms with van der Waals surface area (Å²) in [5.41, 5.74) is 9.29. The van der Waals surface area contributed by atoms with Crippen LogP contribution in [0.5, 0.6) is 0 Å². The predicted octanol–water partition coefficient (Wildman–Crippen LogP) is 4.72. The van der Waals surface area contributed by atoms with Crippen LogP contribution in [0.25, 0.3) is 0 Å². The summed E-state index contributed by atoms with van der Waals surface area (Å²) in [4.78, 5) is 1.04. The highest BCUT2D eigenvalue weighted by atomic mass is 35.5. The number of halogens is 2. The van der Waals surface area contributed by atoms with E-state index in [0.29, 0.717) is 0 Å². The molecular formula is C13H13Cl2NS. The summed E-state index contributed by atoms with van der Waals surface area (Å²) >= 11 is 13.9. The molecule has 0 bridgehead atoms. The van der Waals surface area contributed by atoms with E-state index in [9.17, 15) is 0 Å². The first-order valence-electron chi connectivity index (χ1n) is 5.27. The third kappa shape index (κ3) is 2.50. The first kappa shape index (κ1) is 12.9. The molecule has 0 saturated carbocycles. The van der Waals surface area contributed by atoms with Crippen LogP contribution in [0, 0.1) is 13.8 Å². The van der Waals surface area contributed by atoms with E-state index in [-0.39, 0.29) is 6.04 Å². The molecule has 90 valence electrons. The fourth-order valence-corrected chi connectivity index (χ4v) is 3.18. The Hall–Kier alpha value is -0.540. The van der Waals surface area contributed by atoms with Crippen molar-refractivity contribution in [2.45, 2.75) is 19.9 Å². The van der Waals surface area contributed by atoms with E-state index in [0.717, 1.165) is 30.9 Å². The molecule has 0 radical (unpaired) electrons. The molecule has 1 unspecified atom stereocenters. The lowest BCUT2D eigenvalue weighted by Crippen LogP contribution is -2.11. The van der Waals surface area contributed by atoms with Gasteiger partial charge < -0.3 is 5.73 Å². The van der Waals surface area contributed by atoms with Crippen LogP contribution in [0.2, 0.25) is 9.36 Å². The first-order chi connectivity index (χ1) is 8.00. The van der Waals surface area contributed by atoms with Crippen LogP contribution < -0.4 is 5.73 Å². The number of aryl methyl sites for hydroxylation is 2. The number of nitrogens with two attached hydrogens (primary N) is 1. The highest BCUT2D eigenvalue weighted by Gasteiger charge is 2.16. The van der Waals surface area contributed by atoms with Crippen LogP contribution in [0.1, 0.15) is 27.6 Å². The number of hydrogen-bond donors (Lipinski definition) is 1. The lowest BCUT2D eigenvalue weighted by Gasteiger charge is -2.13. The molecule has 2 rings (SSSR count). The average Bonchev–Trinajstić information content (AvgIpc) is 2.62. The van der Waals surface area contributed by atoms with Crippen molar-refractivity contribution < 1.29 is 0 Å². The van der Waals surface area contributed by atoms with Gasteiger partial charge in [0, 0.05) is 9.90 Å². The Morgan fingerprint density at radius 1 is 1.18 bits per heavy atom. The van der Waals surface area contributed by atoms with Crippen molar-refractivity contribution >= 4 is 34.5 Å². The van der Waals surface area contributed by atoms with E-state index < -0.39 is 0 Å². The molecule has 1 nitrogen and oxygen atoms in total. The van der Waals surface area contributed by atoms with Gasteiger partial charge in [-0.3, -0.25) is 0 Å². The molecule has 1 aromatic carbocycles. The van der Waals surface area contributed by atoms with Gasteiger partial charge in [0.25, 0.3) is 0 Å². The second-order valence-corrected chi connectivity index (χ2v) is 6.13. The fourth-order valence-electron chi connectivity index (χ4n) is 1.70. The lowest BCUT2D eigenvalue weighted by atomic mass is 10.0. The Balaban J connectivity index is 2.43. The van der Waals surface area contributed by atoms with Gasteiger partial charge >= 0.3 is 0 Å². The number of thiophene rings is 1. The molecule has 0 aliphatic carbocycles. The van der Waals surface area contributed by atoms with Gasteiger partial charge in [-0.25, -0.2) is 0 Å². The monoisotopic (exact) mass is 285 g/mol. The summed E-state index contributed by atoms with van der Waals surface area (Å²) < 4.78 is 0.791. The molecule has 0 amide bonds. The topological polar surface area (TPSA) is 26.0 Å². The Morgan fingerprint density at radius 2 is 1.88 bits per heavy atom. The lowest BCUT2D eigenvalue weighted by molar-refractivity contribution is 0.891. The van der Waals surface area contributed by atoms with Crippen molar-refractivity contribution in [2.24, 2.45) is 5.73 Å². The first-order valence-corrected chi connectivity index (χ1v) is 6.84. The third-order valence-corrected chi connectivity index (χ3v) is 4.89. The molecule has 0 spiro atoms. The van der Waals surface area contributed by atoms with Crippen molar-refractivity contribution in [1.29, 1.82) is 0 Å². The molecular weight excluding hydrogens is 273 g/mol. The predicted molar refractivity (Wildman–Crippen MR) is 76.3 cm³/mol. The van der Waals surface area contributed by atoms with Gasteiger partial charge in [0.05, 0.1) is 10.4 Å². The van der Waals surface area contributed by atoms with E-state index >= 15 is 0 Å². The van der Waals surface area contributed by atoms with Crippen molar-refractivity contribution in [3.05, 3.63) is 55.2 Å². The van der Waals surface area contributed by atoms with Gasteiger partial charge in [0.2, 0.25) is 0 Å². The van der Waals surface area contributed by atoms with Crippen LogP contribution in [0.4, 0.5) is 0 Å². The molecule has 2 N–H and O–H groups in total. The number of benzene rings is 1. The molecule has 1 heterocycles. The van der Waals surface area contributed by atoms with E-state index in [4.69, 9.17) is 28.9 Å². The minimum atomic E-state index is -0.210. The van der Waals surface area contributed by atoms with Crippen molar-refractivity contribution in [3.8, 4) is 0 Å². The molecule has 2 aromatic rings. The standard InChI is InChI=1S/C13H13Cl2NS/c1-7-4-3-5-9(11(7)14)12(16)10-6-8(2)13(15)17-10/h3-6,12H,16H2,1-2H3. The van der Waals surface area contributed by atoms with Gasteiger partial charge in [0.15, 0.2) is 0 Å². The highest BCUT2D eigenvalue weighted by molar-refractivity contribution is 7.16. The second kappa shape index (κ2) is 4.99. The summed E-state index contributed by atoms with van der Waals surface area (Å²) in [5.74, 6) is 0. The zero-order valence-corrected chi connectivity index (χ0v) is 12.0. The van der Waals surface area contributed by atoms with Gasteiger partial charge in [-0.05, 0) is 36.6 Å². The maximum atomic E-state index is 6.28. The molecule has 0 fully saturated rings. The summed E-state index contributed by atoms with van der Waals surface area (Å²) in [5, 5.41) is 0.738. The van der Waals surface area contributed by atoms with E-state index in [2.05, 4.69) is 0 Å². The Morgan fingerprint density at radius 3 is 2.47 bits per heavy atom. The minimum Gasteiger partial charge on any atom is -0.320 e. The zero-order chi connectivity index (χ0) is 12.6. The maximum absolute atomic E-state index is 6.28. The summed E-state index contributed by atoms with van der Waals surface area (Å²) in [6, 6.07) is 7.72. The van der Waals surface area contributed by atoms with Crippen molar-refractivity contribution in [2.75, 3.05) is 0 Å². The number of rotatable bonds is 2. The number of hydrogen-bond acceptors (Lipinski definition) is 2. The molecule has 4 heteroatoms. The average molecular weight is 286 g/mol. The van der Waals surface area contributed by atoms with Gasteiger partial charge in [0.1, 0.15) is 0 Å². The quantitative estimate of drug-likeness (QED) is 0.849. The summed E-state index contributed by atoms with van der Waals surface area (Å²) in [6.45, 7) is 3.96. The molecule has 1 atom stereocenters. The van der Waals surface area contributed by atoms with Gasteiger partial charge in [-0.2, -0.15) is 0 Å². The van der Waals surface area contributed by atoms with Crippen LogP contribution in [0.3, 0.4) is 0 Å². The fraction of sp³-hybridized carbons (Fsp3) is 0.231. The molecule has 0 saturated heterocycles. The van der Waals surface area contributed by atoms with Crippen LogP contribution in [-0.4, -0.2) is 0 Å².